The summed E-state index contributed by atoms with van der Waals surface area (Å²) in [5.41, 5.74) is 0.446. The molecule has 0 unspecified atom stereocenters. The van der Waals surface area contributed by atoms with Crippen molar-refractivity contribution in [1.82, 2.24) is 10.6 Å². The Bertz CT molecular complexity index is 675. The molecule has 11 heteroatoms. The van der Waals surface area contributed by atoms with Gasteiger partial charge in [-0.25, -0.2) is 8.42 Å². The number of benzene rings is 1. The van der Waals surface area contributed by atoms with Gasteiger partial charge in [-0.15, -0.1) is 24.0 Å². The van der Waals surface area contributed by atoms with Crippen molar-refractivity contribution in [3.63, 3.8) is 0 Å². The molecule has 0 fully saturated rings. The number of halogens is 4. The minimum atomic E-state index is -3.01. The zero-order chi connectivity index (χ0) is 18.2. The summed E-state index contributed by atoms with van der Waals surface area (Å²) >= 11 is 5.87. The first-order valence-electron chi connectivity index (χ1n) is 7.07. The SMILES string of the molecule is CN=C(NCCCS(C)(=O)=O)NCc1cc(Cl)ccc1OC(F)F.I. The van der Waals surface area contributed by atoms with E-state index in [4.69, 9.17) is 11.6 Å². The molecule has 1 aromatic carbocycles. The second-order valence-corrected chi connectivity index (χ2v) is 7.66. The van der Waals surface area contributed by atoms with Gasteiger partial charge in [0.05, 0.1) is 5.75 Å². The summed E-state index contributed by atoms with van der Waals surface area (Å²) in [5.74, 6) is 0.499. The van der Waals surface area contributed by atoms with Crippen LogP contribution < -0.4 is 15.4 Å². The fourth-order valence-electron chi connectivity index (χ4n) is 1.84. The van der Waals surface area contributed by atoms with Gasteiger partial charge in [0.2, 0.25) is 0 Å². The van der Waals surface area contributed by atoms with Crippen LogP contribution in [0.25, 0.3) is 0 Å². The number of ether oxygens (including phenoxy) is 1. The fourth-order valence-corrected chi connectivity index (χ4v) is 2.70. The van der Waals surface area contributed by atoms with Gasteiger partial charge in [0.25, 0.3) is 0 Å². The predicted octanol–water partition coefficient (Wildman–Crippen LogP) is 2.66. The van der Waals surface area contributed by atoms with E-state index in [9.17, 15) is 17.2 Å². The number of rotatable bonds is 8. The first-order chi connectivity index (χ1) is 11.2. The molecule has 0 aliphatic carbocycles. The van der Waals surface area contributed by atoms with Crippen LogP contribution in [0.1, 0.15) is 12.0 Å². The maximum Gasteiger partial charge on any atom is 0.387 e. The minimum absolute atomic E-state index is 0. The van der Waals surface area contributed by atoms with Crippen molar-refractivity contribution < 1.29 is 21.9 Å². The third-order valence-electron chi connectivity index (χ3n) is 2.89. The molecular formula is C14H21ClF2IN3O3S. The van der Waals surface area contributed by atoms with E-state index in [0.29, 0.717) is 29.5 Å². The summed E-state index contributed by atoms with van der Waals surface area (Å²) in [5, 5.41) is 6.26. The van der Waals surface area contributed by atoms with Crippen molar-refractivity contribution in [2.75, 3.05) is 25.6 Å². The summed E-state index contributed by atoms with van der Waals surface area (Å²) in [6, 6.07) is 4.35. The average molecular weight is 512 g/mol. The average Bonchev–Trinajstić information content (AvgIpc) is 2.47. The van der Waals surface area contributed by atoms with Crippen molar-refractivity contribution in [3.05, 3.63) is 28.8 Å². The van der Waals surface area contributed by atoms with Crippen LogP contribution in [0.15, 0.2) is 23.2 Å². The second-order valence-electron chi connectivity index (χ2n) is 4.97. The van der Waals surface area contributed by atoms with Crippen LogP contribution in [0, 0.1) is 0 Å². The van der Waals surface area contributed by atoms with Gasteiger partial charge in [-0.1, -0.05) is 11.6 Å². The molecule has 1 aromatic rings. The molecule has 0 spiro atoms. The van der Waals surface area contributed by atoms with E-state index in [1.54, 1.807) is 7.05 Å². The van der Waals surface area contributed by atoms with E-state index in [0.717, 1.165) is 0 Å². The highest BCUT2D eigenvalue weighted by molar-refractivity contribution is 14.0. The lowest BCUT2D eigenvalue weighted by Crippen LogP contribution is -2.37. The van der Waals surface area contributed by atoms with Gasteiger partial charge < -0.3 is 15.4 Å². The fraction of sp³-hybridized carbons (Fsp3) is 0.500. The number of nitrogens with one attached hydrogen (secondary N) is 2. The molecule has 0 bridgehead atoms. The number of hydrogen-bond acceptors (Lipinski definition) is 4. The summed E-state index contributed by atoms with van der Waals surface area (Å²) in [6.07, 6.45) is 1.60. The molecule has 0 radical (unpaired) electrons. The molecule has 0 aliphatic rings. The molecule has 6 nitrogen and oxygen atoms in total. The Morgan fingerprint density at radius 1 is 1.36 bits per heavy atom. The molecule has 0 atom stereocenters. The van der Waals surface area contributed by atoms with Gasteiger partial charge in [-0.05, 0) is 24.6 Å². The van der Waals surface area contributed by atoms with E-state index in [1.165, 1.54) is 24.5 Å². The highest BCUT2D eigenvalue weighted by atomic mass is 127. The maximum atomic E-state index is 12.4. The number of hydrogen-bond donors (Lipinski definition) is 2. The zero-order valence-corrected chi connectivity index (χ0v) is 17.7. The van der Waals surface area contributed by atoms with Gasteiger partial charge in [0.1, 0.15) is 15.6 Å². The summed E-state index contributed by atoms with van der Waals surface area (Å²) in [7, 11) is -1.47. The van der Waals surface area contributed by atoms with E-state index < -0.39 is 16.4 Å². The van der Waals surface area contributed by atoms with Crippen LogP contribution in [0.4, 0.5) is 8.78 Å². The Morgan fingerprint density at radius 2 is 2.04 bits per heavy atom. The Hall–Kier alpha value is -0.880. The van der Waals surface area contributed by atoms with E-state index in [1.807, 2.05) is 0 Å². The molecule has 0 heterocycles. The van der Waals surface area contributed by atoms with Gasteiger partial charge in [-0.2, -0.15) is 8.78 Å². The first kappa shape index (κ1) is 24.1. The van der Waals surface area contributed by atoms with Gasteiger partial charge in [-0.3, -0.25) is 4.99 Å². The van der Waals surface area contributed by atoms with Crippen molar-refractivity contribution in [1.29, 1.82) is 0 Å². The molecule has 144 valence electrons. The molecular weight excluding hydrogens is 491 g/mol. The highest BCUT2D eigenvalue weighted by Gasteiger charge is 2.11. The van der Waals surface area contributed by atoms with Crippen molar-refractivity contribution in [2.24, 2.45) is 4.99 Å². The minimum Gasteiger partial charge on any atom is -0.434 e. The van der Waals surface area contributed by atoms with Crippen molar-refractivity contribution in [2.45, 2.75) is 19.6 Å². The van der Waals surface area contributed by atoms with E-state index in [-0.39, 0.29) is 42.0 Å². The van der Waals surface area contributed by atoms with Crippen LogP contribution in [0.5, 0.6) is 5.75 Å². The zero-order valence-electron chi connectivity index (χ0n) is 13.8. The topological polar surface area (TPSA) is 79.8 Å². The maximum absolute atomic E-state index is 12.4. The molecule has 25 heavy (non-hydrogen) atoms. The third-order valence-corrected chi connectivity index (χ3v) is 4.16. The van der Waals surface area contributed by atoms with Gasteiger partial charge >= 0.3 is 6.61 Å². The van der Waals surface area contributed by atoms with Crippen LogP contribution >= 0.6 is 35.6 Å². The number of guanidine groups is 1. The monoisotopic (exact) mass is 511 g/mol. The molecule has 0 aliphatic heterocycles. The van der Waals surface area contributed by atoms with Gasteiger partial charge in [0, 0.05) is 37.0 Å². The third kappa shape index (κ3) is 10.6. The van der Waals surface area contributed by atoms with Crippen LogP contribution in [0.3, 0.4) is 0 Å². The quantitative estimate of drug-likeness (QED) is 0.243. The lowest BCUT2D eigenvalue weighted by molar-refractivity contribution is -0.0504. The highest BCUT2D eigenvalue weighted by Crippen LogP contribution is 2.24. The van der Waals surface area contributed by atoms with Crippen LogP contribution in [-0.4, -0.2) is 46.6 Å². The number of alkyl halides is 2. The van der Waals surface area contributed by atoms with Crippen LogP contribution in [-0.2, 0) is 16.4 Å². The second kappa shape index (κ2) is 11.7. The Balaban J connectivity index is 0.00000576. The van der Waals surface area contributed by atoms with Gasteiger partial charge in [0.15, 0.2) is 5.96 Å². The van der Waals surface area contributed by atoms with Crippen molar-refractivity contribution >= 4 is 51.4 Å². The normalized spacial score (nSPS) is 11.8. The number of nitrogens with zero attached hydrogens (tertiary/aromatic N) is 1. The Labute approximate surface area is 168 Å². The van der Waals surface area contributed by atoms with E-state index >= 15 is 0 Å². The predicted molar refractivity (Wildman–Crippen MR) is 106 cm³/mol. The van der Waals surface area contributed by atoms with E-state index in [2.05, 4.69) is 20.4 Å². The molecule has 0 saturated carbocycles. The summed E-state index contributed by atoms with van der Waals surface area (Å²) < 4.78 is 51.4. The molecule has 0 saturated heterocycles. The summed E-state index contributed by atoms with van der Waals surface area (Å²) in [4.78, 5) is 3.97. The lowest BCUT2D eigenvalue weighted by Gasteiger charge is -2.14. The van der Waals surface area contributed by atoms with Crippen LogP contribution in [0.2, 0.25) is 5.02 Å². The first-order valence-corrected chi connectivity index (χ1v) is 9.50. The number of sulfone groups is 1. The molecule has 1 rings (SSSR count). The summed E-state index contributed by atoms with van der Waals surface area (Å²) in [6.45, 7) is -2.37. The molecule has 0 amide bonds. The number of aliphatic imine (C=N–C) groups is 1. The standard InChI is InChI=1S/C14H20ClF2N3O3S.HI/c1-18-14(19-6-3-7-24(2,21)22)20-9-10-8-11(15)4-5-12(10)23-13(16)17;/h4-5,8,13H,3,6-7,9H2,1-2H3,(H2,18,19,20);1H. The Kier molecular flexibility index (Phi) is 11.3. The molecule has 2 N–H and O–H groups in total. The smallest absolute Gasteiger partial charge is 0.387 e. The Morgan fingerprint density at radius 3 is 2.60 bits per heavy atom. The largest absolute Gasteiger partial charge is 0.434 e. The lowest BCUT2D eigenvalue weighted by atomic mass is 10.2. The van der Waals surface area contributed by atoms with Crippen molar-refractivity contribution in [3.8, 4) is 5.75 Å². The molecule has 0 aromatic heterocycles.